The van der Waals surface area contributed by atoms with Crippen molar-refractivity contribution in [1.29, 1.82) is 0 Å². The van der Waals surface area contributed by atoms with E-state index in [9.17, 15) is 4.79 Å². The second-order valence-electron chi connectivity index (χ2n) is 7.08. The van der Waals surface area contributed by atoms with Crippen LogP contribution in [0.25, 0.3) is 0 Å². The molecule has 1 unspecified atom stereocenters. The van der Waals surface area contributed by atoms with Gasteiger partial charge in [-0.1, -0.05) is 19.0 Å². The number of furan rings is 1. The fourth-order valence-electron chi connectivity index (χ4n) is 3.21. The van der Waals surface area contributed by atoms with Crippen LogP contribution in [0.5, 0.6) is 0 Å². The van der Waals surface area contributed by atoms with Crippen LogP contribution in [0.2, 0.25) is 0 Å². The maximum Gasteiger partial charge on any atom is 0.264 e. The van der Waals surface area contributed by atoms with Crippen molar-refractivity contribution in [1.82, 2.24) is 10.2 Å². The predicted octanol–water partition coefficient (Wildman–Crippen LogP) is 2.41. The van der Waals surface area contributed by atoms with Crippen molar-refractivity contribution in [2.75, 3.05) is 19.6 Å². The van der Waals surface area contributed by atoms with Crippen LogP contribution in [-0.4, -0.2) is 42.3 Å². The maximum absolute atomic E-state index is 12.2. The summed E-state index contributed by atoms with van der Waals surface area (Å²) < 4.78 is 5.40. The monoisotopic (exact) mass is 333 g/mol. The summed E-state index contributed by atoms with van der Waals surface area (Å²) in [6, 6.07) is 3.94. The smallest absolute Gasteiger partial charge is 0.264 e. The number of carbonyl (C=O) groups is 1. The largest absolute Gasteiger partial charge is 0.468 e. The molecule has 0 spiro atoms. The Morgan fingerprint density at radius 3 is 2.83 bits per heavy atom. The van der Waals surface area contributed by atoms with Gasteiger partial charge in [-0.15, -0.1) is 0 Å². The lowest BCUT2D eigenvalue weighted by Gasteiger charge is -2.31. The Morgan fingerprint density at radius 1 is 1.42 bits per heavy atom. The number of hydrogen-bond acceptors (Lipinski definition) is 5. The molecule has 3 rings (SSSR count). The zero-order valence-electron chi connectivity index (χ0n) is 14.5. The third kappa shape index (κ3) is 4.38. The van der Waals surface area contributed by atoms with Gasteiger partial charge in [-0.25, -0.2) is 0 Å². The average molecular weight is 333 g/mol. The van der Waals surface area contributed by atoms with Gasteiger partial charge in [-0.2, -0.15) is 0 Å². The first kappa shape index (κ1) is 17.0. The lowest BCUT2D eigenvalue weighted by molar-refractivity contribution is -0.131. The first-order valence-corrected chi connectivity index (χ1v) is 8.87. The molecule has 24 heavy (non-hydrogen) atoms. The number of rotatable bonds is 6. The summed E-state index contributed by atoms with van der Waals surface area (Å²) in [7, 11) is 0. The first-order valence-electron chi connectivity index (χ1n) is 8.87. The minimum atomic E-state index is -0.443. The van der Waals surface area contributed by atoms with E-state index < -0.39 is 6.10 Å². The lowest BCUT2D eigenvalue weighted by Crippen LogP contribution is -2.41. The van der Waals surface area contributed by atoms with Crippen LogP contribution in [0.15, 0.2) is 28.0 Å². The van der Waals surface area contributed by atoms with E-state index in [1.54, 1.807) is 6.26 Å². The molecule has 1 fully saturated rings. The van der Waals surface area contributed by atoms with Gasteiger partial charge < -0.3 is 14.6 Å². The third-order valence-corrected chi connectivity index (χ3v) is 4.88. The predicted molar refractivity (Wildman–Crippen MR) is 91.5 cm³/mol. The molecule has 2 aliphatic rings. The Balaban J connectivity index is 1.34. The lowest BCUT2D eigenvalue weighted by atomic mass is 9.96. The van der Waals surface area contributed by atoms with Crippen molar-refractivity contribution in [2.45, 2.75) is 45.8 Å². The van der Waals surface area contributed by atoms with Gasteiger partial charge in [0.2, 0.25) is 6.10 Å². The molecule has 0 aromatic carbocycles. The molecule has 6 nitrogen and oxygen atoms in total. The number of likely N-dealkylation sites (tertiary alicyclic amines) is 1. The Morgan fingerprint density at radius 2 is 2.21 bits per heavy atom. The maximum atomic E-state index is 12.2. The van der Waals surface area contributed by atoms with E-state index in [4.69, 9.17) is 9.25 Å². The minimum Gasteiger partial charge on any atom is -0.468 e. The van der Waals surface area contributed by atoms with Crippen molar-refractivity contribution < 1.29 is 14.0 Å². The molecule has 1 saturated heterocycles. The van der Waals surface area contributed by atoms with Gasteiger partial charge in [0.25, 0.3) is 5.91 Å². The van der Waals surface area contributed by atoms with Crippen molar-refractivity contribution in [3.8, 4) is 0 Å². The molecular weight excluding hydrogens is 306 g/mol. The Bertz CT molecular complexity index is 560. The van der Waals surface area contributed by atoms with Crippen molar-refractivity contribution in [3.63, 3.8) is 0 Å². The van der Waals surface area contributed by atoms with Crippen LogP contribution in [0.1, 0.15) is 38.9 Å². The summed E-state index contributed by atoms with van der Waals surface area (Å²) in [5.41, 5.74) is 0.974. The van der Waals surface area contributed by atoms with Gasteiger partial charge in [-0.3, -0.25) is 9.69 Å². The molecule has 1 N–H and O–H groups in total. The SMILES string of the molecule is CC(C)C1=NOC(C(=O)NCC2CCN(Cc3ccco3)CC2)C1. The van der Waals surface area contributed by atoms with Crippen LogP contribution in [-0.2, 0) is 16.2 Å². The van der Waals surface area contributed by atoms with E-state index in [1.165, 1.54) is 0 Å². The van der Waals surface area contributed by atoms with Crippen molar-refractivity contribution in [3.05, 3.63) is 24.2 Å². The number of carbonyl (C=O) groups excluding carboxylic acids is 1. The summed E-state index contributed by atoms with van der Waals surface area (Å²) in [6.45, 7) is 7.82. The van der Waals surface area contributed by atoms with E-state index in [-0.39, 0.29) is 5.91 Å². The van der Waals surface area contributed by atoms with Gasteiger partial charge in [0, 0.05) is 13.0 Å². The first-order chi connectivity index (χ1) is 11.6. The summed E-state index contributed by atoms with van der Waals surface area (Å²) in [5.74, 6) is 1.85. The van der Waals surface area contributed by atoms with E-state index in [0.29, 0.717) is 18.3 Å². The molecule has 1 aromatic rings. The van der Waals surface area contributed by atoms with E-state index in [0.717, 1.165) is 50.5 Å². The summed E-state index contributed by atoms with van der Waals surface area (Å²) in [4.78, 5) is 19.9. The van der Waals surface area contributed by atoms with Gasteiger partial charge in [0.15, 0.2) is 0 Å². The minimum absolute atomic E-state index is 0.0348. The molecule has 6 heteroatoms. The van der Waals surface area contributed by atoms with Crippen LogP contribution < -0.4 is 5.32 Å². The number of hydrogen-bond donors (Lipinski definition) is 1. The standard InChI is InChI=1S/C18H27N3O3/c1-13(2)16-10-17(24-20-16)18(22)19-11-14-5-7-21(8-6-14)12-15-4-3-9-23-15/h3-4,9,13-14,17H,5-8,10-12H2,1-2H3,(H,19,22). The molecule has 2 aliphatic heterocycles. The summed E-state index contributed by atoms with van der Waals surface area (Å²) in [6.07, 6.45) is 4.09. The van der Waals surface area contributed by atoms with Gasteiger partial charge >= 0.3 is 0 Å². The third-order valence-electron chi connectivity index (χ3n) is 4.88. The molecular formula is C18H27N3O3. The molecule has 0 aliphatic carbocycles. The molecule has 1 amide bonds. The Hall–Kier alpha value is -1.82. The zero-order valence-corrected chi connectivity index (χ0v) is 14.5. The van der Waals surface area contributed by atoms with Crippen molar-refractivity contribution >= 4 is 11.6 Å². The highest BCUT2D eigenvalue weighted by Crippen LogP contribution is 2.20. The molecule has 1 atom stereocenters. The fraction of sp³-hybridized carbons (Fsp3) is 0.667. The highest BCUT2D eigenvalue weighted by molar-refractivity contribution is 5.93. The number of amides is 1. The fourth-order valence-corrected chi connectivity index (χ4v) is 3.21. The Kier molecular flexibility index (Phi) is 5.56. The molecule has 132 valence electrons. The number of nitrogens with zero attached hydrogens (tertiary/aromatic N) is 2. The Labute approximate surface area is 143 Å². The molecule has 0 radical (unpaired) electrons. The summed E-state index contributed by atoms with van der Waals surface area (Å²) >= 11 is 0. The van der Waals surface area contributed by atoms with E-state index >= 15 is 0 Å². The average Bonchev–Trinajstić information content (AvgIpc) is 3.25. The van der Waals surface area contributed by atoms with Crippen LogP contribution >= 0.6 is 0 Å². The quantitative estimate of drug-likeness (QED) is 0.868. The van der Waals surface area contributed by atoms with E-state index in [1.807, 2.05) is 12.1 Å². The van der Waals surface area contributed by atoms with Crippen LogP contribution in [0.3, 0.4) is 0 Å². The highest BCUT2D eigenvalue weighted by Gasteiger charge is 2.30. The van der Waals surface area contributed by atoms with Crippen molar-refractivity contribution in [2.24, 2.45) is 17.0 Å². The second kappa shape index (κ2) is 7.83. The second-order valence-corrected chi connectivity index (χ2v) is 7.08. The number of nitrogens with one attached hydrogen (secondary N) is 1. The number of piperidine rings is 1. The van der Waals surface area contributed by atoms with Gasteiger partial charge in [0.05, 0.1) is 18.5 Å². The van der Waals surface area contributed by atoms with Gasteiger partial charge in [-0.05, 0) is 49.9 Å². The van der Waals surface area contributed by atoms with Crippen LogP contribution in [0.4, 0.5) is 0 Å². The molecule has 0 saturated carbocycles. The highest BCUT2D eigenvalue weighted by atomic mass is 16.6. The van der Waals surface area contributed by atoms with Gasteiger partial charge in [0.1, 0.15) is 5.76 Å². The van der Waals surface area contributed by atoms with E-state index in [2.05, 4.69) is 29.2 Å². The summed E-state index contributed by atoms with van der Waals surface area (Å²) in [5, 5.41) is 7.06. The zero-order chi connectivity index (χ0) is 16.9. The molecule has 3 heterocycles. The topological polar surface area (TPSA) is 67.1 Å². The molecule has 1 aromatic heterocycles. The normalized spacial score (nSPS) is 22.5. The number of oxime groups is 1. The molecule has 0 bridgehead atoms. The van der Waals surface area contributed by atoms with Crippen LogP contribution in [0, 0.1) is 11.8 Å².